The molecule has 2 aromatic heterocycles. The Kier molecular flexibility index (Phi) is 3.16. The Morgan fingerprint density at radius 3 is 3.11 bits per heavy atom. The third-order valence-electron chi connectivity index (χ3n) is 3.61. The summed E-state index contributed by atoms with van der Waals surface area (Å²) in [6.45, 7) is 2.10. The van der Waals surface area contributed by atoms with Crippen LogP contribution in [0.2, 0.25) is 0 Å². The number of thioether (sulfide) groups is 1. The van der Waals surface area contributed by atoms with Crippen molar-refractivity contribution in [2.24, 2.45) is 0 Å². The van der Waals surface area contributed by atoms with E-state index < -0.39 is 0 Å². The Morgan fingerprint density at radius 1 is 1.39 bits per heavy atom. The summed E-state index contributed by atoms with van der Waals surface area (Å²) in [4.78, 5) is 4.26. The van der Waals surface area contributed by atoms with E-state index in [0.29, 0.717) is 11.3 Å². The second-order valence-corrected chi connectivity index (χ2v) is 5.98. The van der Waals surface area contributed by atoms with Crippen LogP contribution in [0, 0.1) is 6.92 Å². The van der Waals surface area contributed by atoms with Gasteiger partial charge in [-0.25, -0.2) is 4.98 Å². The monoisotopic (exact) mass is 262 g/mol. The summed E-state index contributed by atoms with van der Waals surface area (Å²) in [6.07, 6.45) is 7.68. The summed E-state index contributed by atoms with van der Waals surface area (Å²) in [7, 11) is 0. The molecule has 1 fully saturated rings. The van der Waals surface area contributed by atoms with Gasteiger partial charge >= 0.3 is 0 Å². The van der Waals surface area contributed by atoms with Crippen LogP contribution in [0.4, 0.5) is 5.82 Å². The fourth-order valence-electron chi connectivity index (χ4n) is 2.72. The molecule has 0 aliphatic heterocycles. The average molecular weight is 262 g/mol. The summed E-state index contributed by atoms with van der Waals surface area (Å²) < 4.78 is 1.89. The van der Waals surface area contributed by atoms with Gasteiger partial charge in [-0.1, -0.05) is 6.42 Å². The smallest absolute Gasteiger partial charge is 0.157 e. The lowest BCUT2D eigenvalue weighted by Crippen LogP contribution is -2.27. The van der Waals surface area contributed by atoms with Crippen molar-refractivity contribution in [2.45, 2.75) is 37.5 Å². The Bertz CT molecular complexity index is 551. The summed E-state index contributed by atoms with van der Waals surface area (Å²) >= 11 is 1.96. The minimum Gasteiger partial charge on any atom is -0.366 e. The van der Waals surface area contributed by atoms with Crippen LogP contribution in [0.3, 0.4) is 0 Å². The van der Waals surface area contributed by atoms with E-state index in [-0.39, 0.29) is 0 Å². The molecule has 2 aromatic rings. The minimum absolute atomic E-state index is 0.550. The van der Waals surface area contributed by atoms with E-state index in [4.69, 9.17) is 0 Å². The molecule has 0 spiro atoms. The zero-order chi connectivity index (χ0) is 12.5. The fourth-order valence-corrected chi connectivity index (χ4v) is 3.66. The Balaban J connectivity index is 1.92. The highest BCUT2D eigenvalue weighted by Crippen LogP contribution is 2.31. The van der Waals surface area contributed by atoms with Crippen LogP contribution < -0.4 is 5.32 Å². The van der Waals surface area contributed by atoms with Crippen LogP contribution in [-0.4, -0.2) is 32.1 Å². The number of rotatable bonds is 3. The number of aromatic nitrogens is 3. The van der Waals surface area contributed by atoms with E-state index >= 15 is 0 Å². The minimum atomic E-state index is 0.550. The lowest BCUT2D eigenvalue weighted by molar-refractivity contribution is 0.753. The van der Waals surface area contributed by atoms with Gasteiger partial charge in [0.25, 0.3) is 0 Å². The van der Waals surface area contributed by atoms with E-state index in [1.165, 1.54) is 24.8 Å². The van der Waals surface area contributed by atoms with Crippen molar-refractivity contribution in [3.8, 4) is 0 Å². The first-order valence-electron chi connectivity index (χ1n) is 6.37. The fraction of sp³-hybridized carbons (Fsp3) is 0.538. The van der Waals surface area contributed by atoms with Crippen molar-refractivity contribution in [3.63, 3.8) is 0 Å². The van der Waals surface area contributed by atoms with E-state index in [2.05, 4.69) is 40.7 Å². The number of anilines is 1. The molecular weight excluding hydrogens is 244 g/mol. The molecule has 1 saturated carbocycles. The van der Waals surface area contributed by atoms with Gasteiger partial charge in [0.05, 0.1) is 0 Å². The van der Waals surface area contributed by atoms with Crippen molar-refractivity contribution in [2.75, 3.05) is 11.6 Å². The molecule has 1 aliphatic carbocycles. The van der Waals surface area contributed by atoms with Crippen LogP contribution >= 0.6 is 11.8 Å². The molecule has 1 N–H and O–H groups in total. The number of nitrogens with zero attached hydrogens (tertiary/aromatic N) is 3. The van der Waals surface area contributed by atoms with Gasteiger partial charge in [0, 0.05) is 11.3 Å². The average Bonchev–Trinajstić information content (AvgIpc) is 2.96. The third-order valence-corrected chi connectivity index (χ3v) is 4.78. The second kappa shape index (κ2) is 4.80. The quantitative estimate of drug-likeness (QED) is 0.923. The number of aryl methyl sites for hydroxylation is 1. The number of hydrogen-bond donors (Lipinski definition) is 1. The molecule has 18 heavy (non-hydrogen) atoms. The molecule has 5 heteroatoms. The van der Waals surface area contributed by atoms with Crippen molar-refractivity contribution >= 4 is 23.2 Å². The molecule has 0 bridgehead atoms. The predicted octanol–water partition coefficient (Wildman–Crippen LogP) is 2.73. The molecule has 2 unspecified atom stereocenters. The van der Waals surface area contributed by atoms with Gasteiger partial charge in [-0.05, 0) is 43.7 Å². The highest BCUT2D eigenvalue weighted by molar-refractivity contribution is 7.99. The number of pyridine rings is 1. The van der Waals surface area contributed by atoms with Gasteiger partial charge in [0.2, 0.25) is 0 Å². The highest BCUT2D eigenvalue weighted by atomic mass is 32.2. The summed E-state index contributed by atoms with van der Waals surface area (Å²) in [6, 6.07) is 4.75. The molecular formula is C13H18N4S. The summed E-state index contributed by atoms with van der Waals surface area (Å²) in [5, 5.41) is 8.65. The largest absolute Gasteiger partial charge is 0.366 e. The molecule has 2 heterocycles. The standard InChI is InChI=1S/C13H18N4S/c1-9-6-12-14-8-15-17(12)13(7-9)16-10-4-3-5-11(10)18-2/h6-8,10-11,16H,3-5H2,1-2H3. The van der Waals surface area contributed by atoms with Crippen molar-refractivity contribution in [3.05, 3.63) is 24.0 Å². The highest BCUT2D eigenvalue weighted by Gasteiger charge is 2.26. The van der Waals surface area contributed by atoms with E-state index in [9.17, 15) is 0 Å². The molecule has 2 atom stereocenters. The molecule has 0 aromatic carbocycles. The molecule has 3 rings (SSSR count). The third kappa shape index (κ3) is 2.07. The summed E-state index contributed by atoms with van der Waals surface area (Å²) in [5.41, 5.74) is 2.13. The number of hydrogen-bond acceptors (Lipinski definition) is 4. The number of fused-ring (bicyclic) bond motifs is 1. The lowest BCUT2D eigenvalue weighted by atomic mass is 10.2. The molecule has 0 saturated heterocycles. The zero-order valence-corrected chi connectivity index (χ0v) is 11.6. The maximum Gasteiger partial charge on any atom is 0.157 e. The maximum absolute atomic E-state index is 4.29. The zero-order valence-electron chi connectivity index (χ0n) is 10.8. The molecule has 4 nitrogen and oxygen atoms in total. The van der Waals surface area contributed by atoms with E-state index in [1.54, 1.807) is 6.33 Å². The van der Waals surface area contributed by atoms with Crippen LogP contribution in [0.1, 0.15) is 24.8 Å². The van der Waals surface area contributed by atoms with Crippen LogP contribution in [-0.2, 0) is 0 Å². The molecule has 96 valence electrons. The first-order valence-corrected chi connectivity index (χ1v) is 7.66. The van der Waals surface area contributed by atoms with Gasteiger partial charge in [0.1, 0.15) is 12.1 Å². The van der Waals surface area contributed by atoms with Crippen LogP contribution in [0.5, 0.6) is 0 Å². The first-order chi connectivity index (χ1) is 8.78. The van der Waals surface area contributed by atoms with Gasteiger partial charge in [-0.15, -0.1) is 0 Å². The molecule has 0 amide bonds. The van der Waals surface area contributed by atoms with Crippen molar-refractivity contribution in [1.29, 1.82) is 0 Å². The topological polar surface area (TPSA) is 42.2 Å². The maximum atomic E-state index is 4.29. The van der Waals surface area contributed by atoms with E-state index in [1.807, 2.05) is 16.3 Å². The van der Waals surface area contributed by atoms with Gasteiger partial charge in [0.15, 0.2) is 5.65 Å². The Hall–Kier alpha value is -1.23. The Labute approximate surface area is 111 Å². The van der Waals surface area contributed by atoms with Crippen LogP contribution in [0.25, 0.3) is 5.65 Å². The van der Waals surface area contributed by atoms with Gasteiger partial charge in [-0.2, -0.15) is 21.4 Å². The molecule has 0 radical (unpaired) electrons. The van der Waals surface area contributed by atoms with Gasteiger partial charge in [-0.3, -0.25) is 0 Å². The van der Waals surface area contributed by atoms with Crippen molar-refractivity contribution < 1.29 is 0 Å². The van der Waals surface area contributed by atoms with Crippen LogP contribution in [0.15, 0.2) is 18.5 Å². The SMILES string of the molecule is CSC1CCCC1Nc1cc(C)cc2ncnn12. The normalized spacial score (nSPS) is 23.7. The van der Waals surface area contributed by atoms with Gasteiger partial charge < -0.3 is 5.32 Å². The Morgan fingerprint density at radius 2 is 2.28 bits per heavy atom. The first kappa shape index (κ1) is 11.8. The number of nitrogens with one attached hydrogen (secondary N) is 1. The van der Waals surface area contributed by atoms with E-state index in [0.717, 1.165) is 11.5 Å². The molecule has 1 aliphatic rings. The van der Waals surface area contributed by atoms with Crippen molar-refractivity contribution in [1.82, 2.24) is 14.6 Å². The second-order valence-electron chi connectivity index (χ2n) is 4.90. The lowest BCUT2D eigenvalue weighted by Gasteiger charge is -2.20. The predicted molar refractivity (Wildman–Crippen MR) is 76.3 cm³/mol. The summed E-state index contributed by atoms with van der Waals surface area (Å²) in [5.74, 6) is 1.06.